The molecule has 0 radical (unpaired) electrons. The Morgan fingerprint density at radius 1 is 1.15 bits per heavy atom. The van der Waals surface area contributed by atoms with Gasteiger partial charge in [-0.15, -0.1) is 0 Å². The lowest BCUT2D eigenvalue weighted by atomic mass is 10.2. The predicted octanol–water partition coefficient (Wildman–Crippen LogP) is 1.82. The third kappa shape index (κ3) is 4.13. The van der Waals surface area contributed by atoms with Crippen LogP contribution in [0.1, 0.15) is 17.0 Å². The van der Waals surface area contributed by atoms with E-state index in [0.717, 1.165) is 22.6 Å². The molecular weight excluding hydrogens is 252 g/mol. The first kappa shape index (κ1) is 14.1. The number of aryl methyl sites for hydroxylation is 2. The van der Waals surface area contributed by atoms with E-state index in [4.69, 9.17) is 0 Å². The van der Waals surface area contributed by atoms with Gasteiger partial charge in [0.25, 0.3) is 0 Å². The molecule has 1 aromatic carbocycles. The van der Waals surface area contributed by atoms with Crippen molar-refractivity contribution >= 4 is 11.6 Å². The van der Waals surface area contributed by atoms with Gasteiger partial charge in [0, 0.05) is 24.6 Å². The van der Waals surface area contributed by atoms with E-state index in [1.807, 2.05) is 38.1 Å². The van der Waals surface area contributed by atoms with E-state index in [9.17, 15) is 4.79 Å². The van der Waals surface area contributed by atoms with E-state index in [1.165, 1.54) is 0 Å². The second-order valence-electron chi connectivity index (χ2n) is 4.62. The standard InChI is InChI=1S/C15H18N4O/c1-11-5-3-4-6-14(11)19-15(20)10-16-8-13-9-17-12(2)7-18-13/h3-7,9,16H,8,10H2,1-2H3,(H,19,20). The quantitative estimate of drug-likeness (QED) is 0.869. The van der Waals surface area contributed by atoms with Crippen molar-refractivity contribution in [2.75, 3.05) is 11.9 Å². The number of amides is 1. The Morgan fingerprint density at radius 3 is 2.65 bits per heavy atom. The van der Waals surface area contributed by atoms with Gasteiger partial charge in [-0.05, 0) is 25.5 Å². The van der Waals surface area contributed by atoms with Gasteiger partial charge in [-0.1, -0.05) is 18.2 Å². The van der Waals surface area contributed by atoms with Crippen molar-refractivity contribution in [1.82, 2.24) is 15.3 Å². The molecule has 1 heterocycles. The molecule has 0 aliphatic carbocycles. The third-order valence-corrected chi connectivity index (χ3v) is 2.85. The highest BCUT2D eigenvalue weighted by Crippen LogP contribution is 2.12. The number of anilines is 1. The SMILES string of the molecule is Cc1cnc(CNCC(=O)Nc2ccccc2C)cn1. The monoisotopic (exact) mass is 270 g/mol. The second-order valence-corrected chi connectivity index (χ2v) is 4.62. The minimum Gasteiger partial charge on any atom is -0.325 e. The predicted molar refractivity (Wildman–Crippen MR) is 78.3 cm³/mol. The molecule has 0 saturated carbocycles. The number of aromatic nitrogens is 2. The molecule has 5 nitrogen and oxygen atoms in total. The van der Waals surface area contributed by atoms with Crippen molar-refractivity contribution < 1.29 is 4.79 Å². The van der Waals surface area contributed by atoms with Crippen LogP contribution in [0.4, 0.5) is 5.69 Å². The number of hydrogen-bond donors (Lipinski definition) is 2. The number of nitrogens with zero attached hydrogens (tertiary/aromatic N) is 2. The number of carbonyl (C=O) groups is 1. The maximum Gasteiger partial charge on any atom is 0.238 e. The van der Waals surface area contributed by atoms with Crippen molar-refractivity contribution in [3.05, 3.63) is 53.6 Å². The van der Waals surface area contributed by atoms with Gasteiger partial charge >= 0.3 is 0 Å². The summed E-state index contributed by atoms with van der Waals surface area (Å²) in [5.41, 5.74) is 3.59. The van der Waals surface area contributed by atoms with Gasteiger partial charge in [-0.2, -0.15) is 0 Å². The minimum atomic E-state index is -0.0700. The summed E-state index contributed by atoms with van der Waals surface area (Å²) in [7, 11) is 0. The van der Waals surface area contributed by atoms with Gasteiger partial charge in [-0.3, -0.25) is 14.8 Å². The summed E-state index contributed by atoms with van der Waals surface area (Å²) in [4.78, 5) is 20.2. The zero-order valence-electron chi connectivity index (χ0n) is 11.7. The molecule has 2 rings (SSSR count). The summed E-state index contributed by atoms with van der Waals surface area (Å²) in [6.07, 6.45) is 3.42. The van der Waals surface area contributed by atoms with E-state index in [1.54, 1.807) is 12.4 Å². The molecule has 104 valence electrons. The Balaban J connectivity index is 1.78. The highest BCUT2D eigenvalue weighted by molar-refractivity contribution is 5.92. The number of para-hydroxylation sites is 1. The number of nitrogens with one attached hydrogen (secondary N) is 2. The van der Waals surface area contributed by atoms with E-state index >= 15 is 0 Å². The van der Waals surface area contributed by atoms with Crippen molar-refractivity contribution in [3.8, 4) is 0 Å². The normalized spacial score (nSPS) is 10.3. The van der Waals surface area contributed by atoms with E-state index in [2.05, 4.69) is 20.6 Å². The van der Waals surface area contributed by atoms with Crippen molar-refractivity contribution in [3.63, 3.8) is 0 Å². The maximum absolute atomic E-state index is 11.8. The molecule has 0 spiro atoms. The Labute approximate surface area is 118 Å². The lowest BCUT2D eigenvalue weighted by molar-refractivity contribution is -0.115. The Hall–Kier alpha value is -2.27. The van der Waals surface area contributed by atoms with E-state index < -0.39 is 0 Å². The molecule has 0 atom stereocenters. The lowest BCUT2D eigenvalue weighted by Crippen LogP contribution is -2.28. The average Bonchev–Trinajstić information content (AvgIpc) is 2.44. The van der Waals surface area contributed by atoms with Crippen LogP contribution in [0, 0.1) is 13.8 Å². The fourth-order valence-corrected chi connectivity index (χ4v) is 1.72. The number of carbonyl (C=O) groups excluding carboxylic acids is 1. The maximum atomic E-state index is 11.8. The van der Waals surface area contributed by atoms with Crippen LogP contribution in [0.5, 0.6) is 0 Å². The van der Waals surface area contributed by atoms with Crippen LogP contribution in [0.15, 0.2) is 36.7 Å². The Kier molecular flexibility index (Phi) is 4.79. The largest absolute Gasteiger partial charge is 0.325 e. The van der Waals surface area contributed by atoms with Crippen LogP contribution in [0.2, 0.25) is 0 Å². The smallest absolute Gasteiger partial charge is 0.238 e. The highest BCUT2D eigenvalue weighted by atomic mass is 16.1. The van der Waals surface area contributed by atoms with Gasteiger partial charge in [-0.25, -0.2) is 0 Å². The lowest BCUT2D eigenvalue weighted by Gasteiger charge is -2.08. The fourth-order valence-electron chi connectivity index (χ4n) is 1.72. The Bertz CT molecular complexity index is 581. The molecule has 0 fully saturated rings. The topological polar surface area (TPSA) is 66.9 Å². The van der Waals surface area contributed by atoms with E-state index in [-0.39, 0.29) is 12.5 Å². The van der Waals surface area contributed by atoms with Gasteiger partial charge in [0.15, 0.2) is 0 Å². The summed E-state index contributed by atoms with van der Waals surface area (Å²) < 4.78 is 0. The van der Waals surface area contributed by atoms with Crippen molar-refractivity contribution in [2.45, 2.75) is 20.4 Å². The summed E-state index contributed by atoms with van der Waals surface area (Å²) in [5.74, 6) is -0.0700. The molecule has 1 amide bonds. The molecule has 0 unspecified atom stereocenters. The zero-order valence-corrected chi connectivity index (χ0v) is 11.7. The molecule has 20 heavy (non-hydrogen) atoms. The molecular formula is C15H18N4O. The fraction of sp³-hybridized carbons (Fsp3) is 0.267. The molecule has 0 saturated heterocycles. The summed E-state index contributed by atoms with van der Waals surface area (Å²) in [6.45, 7) is 4.61. The second kappa shape index (κ2) is 6.77. The van der Waals surface area contributed by atoms with Gasteiger partial charge in [0.2, 0.25) is 5.91 Å². The zero-order chi connectivity index (χ0) is 14.4. The van der Waals surface area contributed by atoms with E-state index in [0.29, 0.717) is 6.54 Å². The first-order valence-electron chi connectivity index (χ1n) is 6.49. The molecule has 0 bridgehead atoms. The summed E-state index contributed by atoms with van der Waals surface area (Å²) in [5, 5.41) is 5.91. The summed E-state index contributed by atoms with van der Waals surface area (Å²) in [6, 6.07) is 7.70. The van der Waals surface area contributed by atoms with Crippen LogP contribution in [0.25, 0.3) is 0 Å². The van der Waals surface area contributed by atoms with Gasteiger partial charge < -0.3 is 10.6 Å². The van der Waals surface area contributed by atoms with Crippen molar-refractivity contribution in [1.29, 1.82) is 0 Å². The van der Waals surface area contributed by atoms with Crippen LogP contribution in [0.3, 0.4) is 0 Å². The van der Waals surface area contributed by atoms with Crippen LogP contribution in [-0.4, -0.2) is 22.4 Å². The van der Waals surface area contributed by atoms with Crippen LogP contribution in [-0.2, 0) is 11.3 Å². The van der Waals surface area contributed by atoms with Gasteiger partial charge in [0.05, 0.1) is 17.9 Å². The van der Waals surface area contributed by atoms with Gasteiger partial charge in [0.1, 0.15) is 0 Å². The number of benzene rings is 1. The number of rotatable bonds is 5. The minimum absolute atomic E-state index is 0.0700. The average molecular weight is 270 g/mol. The first-order chi connectivity index (χ1) is 9.65. The molecule has 2 aromatic rings. The molecule has 0 aliphatic rings. The molecule has 5 heteroatoms. The van der Waals surface area contributed by atoms with Crippen LogP contribution >= 0.6 is 0 Å². The van der Waals surface area contributed by atoms with Crippen molar-refractivity contribution in [2.24, 2.45) is 0 Å². The van der Waals surface area contributed by atoms with Crippen LogP contribution < -0.4 is 10.6 Å². The summed E-state index contributed by atoms with van der Waals surface area (Å²) >= 11 is 0. The molecule has 0 aliphatic heterocycles. The first-order valence-corrected chi connectivity index (χ1v) is 6.49. The molecule has 1 aromatic heterocycles. The molecule has 2 N–H and O–H groups in total. The highest BCUT2D eigenvalue weighted by Gasteiger charge is 2.04. The number of hydrogen-bond acceptors (Lipinski definition) is 4. The third-order valence-electron chi connectivity index (χ3n) is 2.85. The Morgan fingerprint density at radius 2 is 1.95 bits per heavy atom.